The van der Waals surface area contributed by atoms with Crippen molar-refractivity contribution >= 4 is 11.9 Å². The third kappa shape index (κ3) is 6.39. The zero-order valence-electron chi connectivity index (χ0n) is 11.6. The lowest BCUT2D eigenvalue weighted by atomic mass is 9.93. The number of likely N-dealkylation sites (N-methyl/N-ethyl adjacent to an activating group) is 1. The average Bonchev–Trinajstić information content (AvgIpc) is 2.31. The van der Waals surface area contributed by atoms with Crippen LogP contribution in [-0.2, 0) is 9.59 Å². The molecule has 0 aliphatic rings. The van der Waals surface area contributed by atoms with Gasteiger partial charge in [0.05, 0.1) is 0 Å². The molecule has 1 atom stereocenters. The molecule has 0 heterocycles. The summed E-state index contributed by atoms with van der Waals surface area (Å²) in [7, 11) is 3.98. The van der Waals surface area contributed by atoms with Crippen LogP contribution in [0.25, 0.3) is 0 Å². The van der Waals surface area contributed by atoms with Gasteiger partial charge in [-0.3, -0.25) is 4.79 Å². The topological polar surface area (TPSA) is 69.6 Å². The molecule has 0 saturated heterocycles. The van der Waals surface area contributed by atoms with E-state index in [4.69, 9.17) is 5.11 Å². The van der Waals surface area contributed by atoms with Gasteiger partial charge in [0.1, 0.15) is 0 Å². The number of carboxylic acids is 1. The van der Waals surface area contributed by atoms with Crippen molar-refractivity contribution in [2.75, 3.05) is 20.6 Å². The Hall–Kier alpha value is -1.36. The summed E-state index contributed by atoms with van der Waals surface area (Å²) in [5, 5.41) is 11.2. The van der Waals surface area contributed by atoms with Gasteiger partial charge in [-0.1, -0.05) is 26.7 Å². The van der Waals surface area contributed by atoms with Gasteiger partial charge >= 0.3 is 5.97 Å². The van der Waals surface area contributed by atoms with Crippen molar-refractivity contribution in [2.45, 2.75) is 32.7 Å². The Morgan fingerprint density at radius 1 is 1.22 bits per heavy atom. The van der Waals surface area contributed by atoms with Crippen molar-refractivity contribution < 1.29 is 14.7 Å². The highest BCUT2D eigenvalue weighted by molar-refractivity contribution is 5.93. The molecule has 0 aromatic heterocycles. The van der Waals surface area contributed by atoms with E-state index in [2.05, 4.69) is 24.1 Å². The molecular weight excluding hydrogens is 232 g/mol. The first kappa shape index (κ1) is 16.6. The molecule has 0 rings (SSSR count). The minimum Gasteiger partial charge on any atom is -0.478 e. The summed E-state index contributed by atoms with van der Waals surface area (Å²) in [6.45, 7) is 4.80. The Labute approximate surface area is 109 Å². The number of carbonyl (C=O) groups excluding carboxylic acids is 1. The lowest BCUT2D eigenvalue weighted by Gasteiger charge is -2.31. The van der Waals surface area contributed by atoms with Gasteiger partial charge in [0.15, 0.2) is 0 Å². The van der Waals surface area contributed by atoms with Gasteiger partial charge in [0.25, 0.3) is 0 Å². The summed E-state index contributed by atoms with van der Waals surface area (Å²) in [5.41, 5.74) is 0. The van der Waals surface area contributed by atoms with Crippen molar-refractivity contribution in [3.63, 3.8) is 0 Å². The van der Waals surface area contributed by atoms with Crippen molar-refractivity contribution in [2.24, 2.45) is 5.92 Å². The van der Waals surface area contributed by atoms with Crippen LogP contribution >= 0.6 is 0 Å². The van der Waals surface area contributed by atoms with E-state index >= 15 is 0 Å². The van der Waals surface area contributed by atoms with Gasteiger partial charge < -0.3 is 15.3 Å². The predicted octanol–water partition coefficient (Wildman–Crippen LogP) is 1.11. The van der Waals surface area contributed by atoms with Gasteiger partial charge in [0, 0.05) is 24.7 Å². The molecule has 1 amide bonds. The van der Waals surface area contributed by atoms with Gasteiger partial charge in [0.2, 0.25) is 5.91 Å². The highest BCUT2D eigenvalue weighted by atomic mass is 16.4. The minimum absolute atomic E-state index is 0.266. The maximum Gasteiger partial charge on any atom is 0.328 e. The van der Waals surface area contributed by atoms with E-state index in [0.717, 1.165) is 25.0 Å². The first-order valence-corrected chi connectivity index (χ1v) is 6.27. The van der Waals surface area contributed by atoms with Gasteiger partial charge in [-0.25, -0.2) is 4.79 Å². The molecule has 0 aliphatic carbocycles. The fourth-order valence-electron chi connectivity index (χ4n) is 2.01. The zero-order chi connectivity index (χ0) is 14.1. The van der Waals surface area contributed by atoms with Crippen LogP contribution in [0.15, 0.2) is 12.2 Å². The Morgan fingerprint density at radius 3 is 2.17 bits per heavy atom. The molecule has 5 heteroatoms. The van der Waals surface area contributed by atoms with Crippen LogP contribution in [0.5, 0.6) is 0 Å². The van der Waals surface area contributed by atoms with E-state index in [9.17, 15) is 9.59 Å². The smallest absolute Gasteiger partial charge is 0.328 e. The molecular formula is C13H24N2O3. The number of aliphatic carboxylic acids is 1. The molecule has 5 nitrogen and oxygen atoms in total. The predicted molar refractivity (Wildman–Crippen MR) is 71.3 cm³/mol. The van der Waals surface area contributed by atoms with Crippen LogP contribution < -0.4 is 5.32 Å². The van der Waals surface area contributed by atoms with Crippen LogP contribution in [-0.4, -0.2) is 48.6 Å². The second-order valence-corrected chi connectivity index (χ2v) is 4.52. The van der Waals surface area contributed by atoms with E-state index in [0.29, 0.717) is 12.5 Å². The van der Waals surface area contributed by atoms with Crippen molar-refractivity contribution in [1.82, 2.24) is 10.2 Å². The molecule has 0 aromatic carbocycles. The van der Waals surface area contributed by atoms with Crippen LogP contribution in [0.1, 0.15) is 26.7 Å². The third-order valence-electron chi connectivity index (χ3n) is 3.12. The van der Waals surface area contributed by atoms with Crippen molar-refractivity contribution in [3.8, 4) is 0 Å². The number of hydrogen-bond donors (Lipinski definition) is 2. The van der Waals surface area contributed by atoms with Crippen LogP contribution in [0.3, 0.4) is 0 Å². The first-order valence-electron chi connectivity index (χ1n) is 6.27. The summed E-state index contributed by atoms with van der Waals surface area (Å²) in [6.07, 6.45) is 4.00. The second kappa shape index (κ2) is 8.69. The fourth-order valence-corrected chi connectivity index (χ4v) is 2.01. The maximum absolute atomic E-state index is 11.4. The highest BCUT2D eigenvalue weighted by Gasteiger charge is 2.20. The number of amides is 1. The molecule has 0 aliphatic heterocycles. The number of rotatable bonds is 8. The van der Waals surface area contributed by atoms with Gasteiger partial charge in [-0.2, -0.15) is 0 Å². The van der Waals surface area contributed by atoms with E-state index in [-0.39, 0.29) is 11.9 Å². The molecule has 0 aromatic rings. The third-order valence-corrected chi connectivity index (χ3v) is 3.12. The van der Waals surface area contributed by atoms with Crippen LogP contribution in [0.4, 0.5) is 0 Å². The normalized spacial score (nSPS) is 13.2. The van der Waals surface area contributed by atoms with Crippen molar-refractivity contribution in [1.29, 1.82) is 0 Å². The Kier molecular flexibility index (Phi) is 8.03. The van der Waals surface area contributed by atoms with E-state index < -0.39 is 5.97 Å². The Balaban J connectivity index is 4.36. The molecule has 18 heavy (non-hydrogen) atoms. The Morgan fingerprint density at radius 2 is 1.78 bits per heavy atom. The average molecular weight is 256 g/mol. The summed E-state index contributed by atoms with van der Waals surface area (Å²) < 4.78 is 0. The molecule has 0 spiro atoms. The van der Waals surface area contributed by atoms with Crippen LogP contribution in [0, 0.1) is 5.92 Å². The number of carboxylic acid groups (broad SMARTS) is 1. The minimum atomic E-state index is -1.12. The lowest BCUT2D eigenvalue weighted by Crippen LogP contribution is -2.44. The first-order chi connectivity index (χ1) is 8.42. The number of nitrogens with one attached hydrogen (secondary N) is 1. The summed E-state index contributed by atoms with van der Waals surface area (Å²) in [4.78, 5) is 23.8. The molecule has 0 saturated carbocycles. The lowest BCUT2D eigenvalue weighted by molar-refractivity contribution is -0.131. The summed E-state index contributed by atoms with van der Waals surface area (Å²) in [5.74, 6) is -0.965. The fraction of sp³-hybridized carbons (Fsp3) is 0.692. The van der Waals surface area contributed by atoms with E-state index in [1.807, 2.05) is 14.1 Å². The SMILES string of the molecule is CCC(CC)C(CNC(=O)/C=C/C(=O)O)N(C)C. The van der Waals surface area contributed by atoms with Crippen LogP contribution in [0.2, 0.25) is 0 Å². The molecule has 0 fully saturated rings. The van der Waals surface area contributed by atoms with Gasteiger partial charge in [-0.05, 0) is 20.0 Å². The number of nitrogens with zero attached hydrogens (tertiary/aromatic N) is 1. The number of hydrogen-bond acceptors (Lipinski definition) is 3. The molecule has 0 bridgehead atoms. The van der Waals surface area contributed by atoms with Crippen molar-refractivity contribution in [3.05, 3.63) is 12.2 Å². The Bertz CT molecular complexity index is 297. The molecule has 1 unspecified atom stereocenters. The van der Waals surface area contributed by atoms with E-state index in [1.54, 1.807) is 0 Å². The second-order valence-electron chi connectivity index (χ2n) is 4.52. The monoisotopic (exact) mass is 256 g/mol. The standard InChI is InChI=1S/C13H24N2O3/c1-5-10(6-2)11(15(3)4)9-14-12(16)7-8-13(17)18/h7-8,10-11H,5-6,9H2,1-4H3,(H,14,16)(H,17,18)/b8-7+. The van der Waals surface area contributed by atoms with Gasteiger partial charge in [-0.15, -0.1) is 0 Å². The van der Waals surface area contributed by atoms with E-state index in [1.165, 1.54) is 0 Å². The molecule has 0 radical (unpaired) electrons. The maximum atomic E-state index is 11.4. The zero-order valence-corrected chi connectivity index (χ0v) is 11.6. The quantitative estimate of drug-likeness (QED) is 0.638. The largest absolute Gasteiger partial charge is 0.478 e. The highest BCUT2D eigenvalue weighted by Crippen LogP contribution is 2.16. The summed E-state index contributed by atoms with van der Waals surface area (Å²) in [6, 6.07) is 0.266. The number of carbonyl (C=O) groups is 2. The summed E-state index contributed by atoms with van der Waals surface area (Å²) >= 11 is 0. The molecule has 104 valence electrons. The molecule has 2 N–H and O–H groups in total.